The number of carbonyl (C=O) groups is 2. The molecule has 2 unspecified atom stereocenters. The van der Waals surface area contributed by atoms with E-state index in [1.165, 1.54) is 6.42 Å². The molecule has 1 aliphatic carbocycles. The monoisotopic (exact) mass is 344 g/mol. The Morgan fingerprint density at radius 2 is 2.04 bits per heavy atom. The molecule has 136 valence electrons. The molecule has 0 aromatic heterocycles. The molecule has 2 atom stereocenters. The third-order valence-corrected chi connectivity index (χ3v) is 5.55. The third-order valence-electron chi connectivity index (χ3n) is 5.55. The summed E-state index contributed by atoms with van der Waals surface area (Å²) in [5.41, 5.74) is 2.64. The summed E-state index contributed by atoms with van der Waals surface area (Å²) in [6.45, 7) is 2.69. The van der Waals surface area contributed by atoms with Crippen LogP contribution in [0.2, 0.25) is 0 Å². The number of amides is 2. The van der Waals surface area contributed by atoms with Crippen molar-refractivity contribution in [1.29, 1.82) is 0 Å². The maximum atomic E-state index is 12.7. The molecule has 0 bridgehead atoms. The lowest BCUT2D eigenvalue weighted by Crippen LogP contribution is -2.41. The van der Waals surface area contributed by atoms with Gasteiger partial charge in [0, 0.05) is 42.8 Å². The second-order valence-corrected chi connectivity index (χ2v) is 7.15. The number of aliphatic hydroxyl groups is 1. The fourth-order valence-corrected chi connectivity index (χ4v) is 4.04. The maximum Gasteiger partial charge on any atom is 0.251 e. The van der Waals surface area contributed by atoms with E-state index in [1.54, 1.807) is 6.07 Å². The molecule has 3 rings (SSSR count). The van der Waals surface area contributed by atoms with Crippen LogP contribution in [0.3, 0.4) is 0 Å². The summed E-state index contributed by atoms with van der Waals surface area (Å²) in [5, 5.41) is 12.7. The molecular weight excluding hydrogens is 316 g/mol. The van der Waals surface area contributed by atoms with Crippen molar-refractivity contribution < 1.29 is 14.7 Å². The fraction of sp³-hybridized carbons (Fsp3) is 0.600. The summed E-state index contributed by atoms with van der Waals surface area (Å²) in [5.74, 6) is 0.201. The van der Waals surface area contributed by atoms with Gasteiger partial charge in [0.2, 0.25) is 5.91 Å². The number of nitrogens with one attached hydrogen (secondary N) is 1. The Morgan fingerprint density at radius 1 is 1.24 bits per heavy atom. The number of benzene rings is 1. The lowest BCUT2D eigenvalue weighted by atomic mass is 9.95. The predicted molar refractivity (Wildman–Crippen MR) is 97.7 cm³/mol. The second kappa shape index (κ2) is 8.00. The molecule has 1 aliphatic heterocycles. The summed E-state index contributed by atoms with van der Waals surface area (Å²) in [4.78, 5) is 26.5. The van der Waals surface area contributed by atoms with E-state index >= 15 is 0 Å². The van der Waals surface area contributed by atoms with E-state index < -0.39 is 0 Å². The normalized spacial score (nSPS) is 23.0. The van der Waals surface area contributed by atoms with E-state index in [9.17, 15) is 14.7 Å². The number of aliphatic hydroxyl groups excluding tert-OH is 1. The van der Waals surface area contributed by atoms with Gasteiger partial charge >= 0.3 is 0 Å². The molecular formula is C20H28N2O3. The van der Waals surface area contributed by atoms with Crippen LogP contribution in [0.4, 0.5) is 5.69 Å². The van der Waals surface area contributed by atoms with Crippen LogP contribution < -0.4 is 10.2 Å². The van der Waals surface area contributed by atoms with Gasteiger partial charge < -0.3 is 15.3 Å². The van der Waals surface area contributed by atoms with E-state index in [1.807, 2.05) is 24.0 Å². The zero-order valence-electron chi connectivity index (χ0n) is 15.0. The molecule has 1 aromatic rings. The smallest absolute Gasteiger partial charge is 0.251 e. The van der Waals surface area contributed by atoms with Crippen molar-refractivity contribution in [2.75, 3.05) is 18.1 Å². The van der Waals surface area contributed by atoms with E-state index in [4.69, 9.17) is 0 Å². The molecule has 5 nitrogen and oxygen atoms in total. The molecule has 2 aliphatic rings. The van der Waals surface area contributed by atoms with Gasteiger partial charge in [-0.15, -0.1) is 0 Å². The first kappa shape index (κ1) is 17.9. The van der Waals surface area contributed by atoms with E-state index in [0.29, 0.717) is 18.5 Å². The largest absolute Gasteiger partial charge is 0.396 e. The summed E-state index contributed by atoms with van der Waals surface area (Å²) in [6, 6.07) is 5.66. The highest BCUT2D eigenvalue weighted by atomic mass is 16.3. The van der Waals surface area contributed by atoms with Crippen LogP contribution in [-0.4, -0.2) is 36.1 Å². The maximum absolute atomic E-state index is 12.7. The molecule has 1 heterocycles. The average molecular weight is 344 g/mol. The van der Waals surface area contributed by atoms with Crippen molar-refractivity contribution in [3.05, 3.63) is 29.3 Å². The number of hydrogen-bond donors (Lipinski definition) is 2. The number of nitrogens with zero attached hydrogens (tertiary/aromatic N) is 1. The Morgan fingerprint density at radius 3 is 2.80 bits per heavy atom. The summed E-state index contributed by atoms with van der Waals surface area (Å²) in [7, 11) is 0. The molecule has 2 N–H and O–H groups in total. The molecule has 0 radical (unpaired) electrons. The Labute approximate surface area is 149 Å². The molecule has 0 spiro atoms. The van der Waals surface area contributed by atoms with E-state index in [0.717, 1.165) is 43.4 Å². The number of rotatable bonds is 4. The fourth-order valence-electron chi connectivity index (χ4n) is 4.04. The minimum atomic E-state index is -0.0755. The van der Waals surface area contributed by atoms with E-state index in [-0.39, 0.29) is 30.4 Å². The van der Waals surface area contributed by atoms with Crippen LogP contribution >= 0.6 is 0 Å². The van der Waals surface area contributed by atoms with Gasteiger partial charge in [0.15, 0.2) is 0 Å². The first-order valence-electron chi connectivity index (χ1n) is 9.49. The lowest BCUT2D eigenvalue weighted by molar-refractivity contribution is -0.118. The Kier molecular flexibility index (Phi) is 5.74. The molecule has 1 aromatic carbocycles. The zero-order chi connectivity index (χ0) is 17.8. The topological polar surface area (TPSA) is 69.6 Å². The highest BCUT2D eigenvalue weighted by Crippen LogP contribution is 2.30. The Balaban J connectivity index is 1.72. The van der Waals surface area contributed by atoms with Crippen LogP contribution in [0.15, 0.2) is 18.2 Å². The van der Waals surface area contributed by atoms with Gasteiger partial charge in [-0.3, -0.25) is 9.59 Å². The van der Waals surface area contributed by atoms with Crippen molar-refractivity contribution in [2.45, 2.75) is 57.9 Å². The van der Waals surface area contributed by atoms with E-state index in [2.05, 4.69) is 5.32 Å². The van der Waals surface area contributed by atoms with Crippen LogP contribution in [0, 0.1) is 5.92 Å². The molecule has 2 amide bonds. The first-order valence-corrected chi connectivity index (χ1v) is 9.49. The van der Waals surface area contributed by atoms with Gasteiger partial charge in [-0.05, 0) is 43.0 Å². The zero-order valence-corrected chi connectivity index (χ0v) is 15.0. The van der Waals surface area contributed by atoms with Crippen LogP contribution in [-0.2, 0) is 11.2 Å². The van der Waals surface area contributed by atoms with Gasteiger partial charge in [-0.2, -0.15) is 0 Å². The molecule has 25 heavy (non-hydrogen) atoms. The first-order chi connectivity index (χ1) is 12.1. The third kappa shape index (κ3) is 3.87. The summed E-state index contributed by atoms with van der Waals surface area (Å²) >= 11 is 0. The van der Waals surface area contributed by atoms with Crippen LogP contribution in [0.1, 0.15) is 61.4 Å². The predicted octanol–water partition coefficient (Wildman–Crippen LogP) is 2.66. The minimum Gasteiger partial charge on any atom is -0.396 e. The number of carbonyl (C=O) groups excluding carboxylic acids is 2. The highest BCUT2D eigenvalue weighted by molar-refractivity contribution is 5.98. The number of fused-ring (bicyclic) bond motifs is 1. The van der Waals surface area contributed by atoms with Crippen molar-refractivity contribution in [2.24, 2.45) is 5.92 Å². The van der Waals surface area contributed by atoms with Crippen molar-refractivity contribution in [1.82, 2.24) is 5.32 Å². The molecule has 5 heteroatoms. The lowest BCUT2D eigenvalue weighted by Gasteiger charge is -2.24. The van der Waals surface area contributed by atoms with Gasteiger partial charge in [-0.25, -0.2) is 0 Å². The molecule has 1 fully saturated rings. The van der Waals surface area contributed by atoms with Crippen molar-refractivity contribution in [3.8, 4) is 0 Å². The Bertz CT molecular complexity index is 644. The number of hydrogen-bond acceptors (Lipinski definition) is 3. The standard InChI is InChI=1S/C20H28N2O3/c1-2-19(24)22-11-10-14-12-15(8-9-18(14)22)20(25)21-17-7-5-3-4-6-16(17)13-23/h8-9,12,16-17,23H,2-7,10-11,13H2,1H3,(H,21,25). The number of anilines is 1. The second-order valence-electron chi connectivity index (χ2n) is 7.15. The highest BCUT2D eigenvalue weighted by Gasteiger charge is 2.27. The minimum absolute atomic E-state index is 0.0476. The average Bonchev–Trinajstić information content (AvgIpc) is 2.93. The molecule has 0 saturated heterocycles. The van der Waals surface area contributed by atoms with Gasteiger partial charge in [0.05, 0.1) is 0 Å². The van der Waals surface area contributed by atoms with Gasteiger partial charge in [0.1, 0.15) is 0 Å². The van der Waals surface area contributed by atoms with Crippen molar-refractivity contribution >= 4 is 17.5 Å². The quantitative estimate of drug-likeness (QED) is 0.825. The SMILES string of the molecule is CCC(=O)N1CCc2cc(C(=O)NC3CCCCCC3CO)ccc21. The van der Waals surface area contributed by atoms with Crippen molar-refractivity contribution in [3.63, 3.8) is 0 Å². The summed E-state index contributed by atoms with van der Waals surface area (Å²) in [6.07, 6.45) is 6.58. The van der Waals surface area contributed by atoms with Crippen LogP contribution in [0.25, 0.3) is 0 Å². The van der Waals surface area contributed by atoms with Gasteiger partial charge in [0.25, 0.3) is 5.91 Å². The van der Waals surface area contributed by atoms with Crippen LogP contribution in [0.5, 0.6) is 0 Å². The summed E-state index contributed by atoms with van der Waals surface area (Å²) < 4.78 is 0. The van der Waals surface area contributed by atoms with Gasteiger partial charge in [-0.1, -0.05) is 26.2 Å². The molecule has 1 saturated carbocycles. The Hall–Kier alpha value is -1.88.